The highest BCUT2D eigenvalue weighted by molar-refractivity contribution is 7.85. The van der Waals surface area contributed by atoms with Gasteiger partial charge in [-0.1, -0.05) is 0 Å². The van der Waals surface area contributed by atoms with Crippen LogP contribution in [0.25, 0.3) is 0 Å². The Hall–Kier alpha value is -0.940. The number of halogens is 1. The third-order valence-electron chi connectivity index (χ3n) is 2.92. The van der Waals surface area contributed by atoms with Gasteiger partial charge in [0.2, 0.25) is 0 Å². The van der Waals surface area contributed by atoms with Gasteiger partial charge in [0.1, 0.15) is 5.82 Å². The summed E-state index contributed by atoms with van der Waals surface area (Å²) in [7, 11) is -0.704. The molecule has 0 aliphatic carbocycles. The van der Waals surface area contributed by atoms with Crippen molar-refractivity contribution in [1.82, 2.24) is 0 Å². The number of nitrogens with two attached hydrogens (primary N) is 1. The van der Waals surface area contributed by atoms with Crippen molar-refractivity contribution in [3.05, 3.63) is 29.6 Å². The van der Waals surface area contributed by atoms with Gasteiger partial charge in [0, 0.05) is 41.1 Å². The van der Waals surface area contributed by atoms with E-state index >= 15 is 0 Å². The second-order valence-corrected chi connectivity index (χ2v) is 5.89. The van der Waals surface area contributed by atoms with E-state index in [1.807, 2.05) is 6.07 Å². The summed E-state index contributed by atoms with van der Waals surface area (Å²) in [6.07, 6.45) is 0.685. The first-order chi connectivity index (χ1) is 8.19. The van der Waals surface area contributed by atoms with Crippen LogP contribution in [0.4, 0.5) is 10.1 Å². The molecule has 94 valence electrons. The molecule has 2 N–H and O–H groups in total. The molecule has 0 saturated carbocycles. The molecule has 0 unspecified atom stereocenters. The number of hydrogen-bond donors (Lipinski definition) is 1. The van der Waals surface area contributed by atoms with Crippen molar-refractivity contribution in [3.63, 3.8) is 0 Å². The number of nitrogens with zero attached hydrogens (tertiary/aromatic N) is 1. The molecule has 1 fully saturated rings. The molecule has 0 amide bonds. The first-order valence-corrected chi connectivity index (χ1v) is 7.27. The zero-order valence-corrected chi connectivity index (χ0v) is 10.5. The van der Waals surface area contributed by atoms with E-state index in [1.165, 1.54) is 12.1 Å². The minimum atomic E-state index is -0.704. The molecular weight excluding hydrogens is 239 g/mol. The van der Waals surface area contributed by atoms with E-state index in [9.17, 15) is 8.60 Å². The summed E-state index contributed by atoms with van der Waals surface area (Å²) in [5.41, 5.74) is 7.29. The van der Waals surface area contributed by atoms with Gasteiger partial charge in [-0.3, -0.25) is 4.21 Å². The maximum absolute atomic E-state index is 13.5. The van der Waals surface area contributed by atoms with Crippen LogP contribution in [0.1, 0.15) is 5.56 Å². The van der Waals surface area contributed by atoms with Gasteiger partial charge in [-0.25, -0.2) is 4.39 Å². The van der Waals surface area contributed by atoms with E-state index < -0.39 is 10.8 Å². The molecule has 1 heterocycles. The lowest BCUT2D eigenvalue weighted by molar-refractivity contribution is 0.624. The number of anilines is 1. The largest absolute Gasteiger partial charge is 0.370 e. The molecule has 1 aliphatic rings. The first kappa shape index (κ1) is 12.5. The lowest BCUT2D eigenvalue weighted by Gasteiger charge is -2.28. The molecule has 0 radical (unpaired) electrons. The summed E-state index contributed by atoms with van der Waals surface area (Å²) < 4.78 is 24.7. The maximum Gasteiger partial charge on any atom is 0.125 e. The Morgan fingerprint density at radius 3 is 2.65 bits per heavy atom. The Labute approximate surface area is 103 Å². The fourth-order valence-corrected chi connectivity index (χ4v) is 3.08. The summed E-state index contributed by atoms with van der Waals surface area (Å²) in [4.78, 5) is 2.09. The second-order valence-electron chi connectivity index (χ2n) is 4.19. The van der Waals surface area contributed by atoms with Gasteiger partial charge >= 0.3 is 0 Å². The van der Waals surface area contributed by atoms with Crippen LogP contribution in [-0.2, 0) is 17.2 Å². The molecule has 0 atom stereocenters. The average Bonchev–Trinajstić information content (AvgIpc) is 2.29. The Bertz CT molecular complexity index is 415. The van der Waals surface area contributed by atoms with Crippen LogP contribution in [0.2, 0.25) is 0 Å². The van der Waals surface area contributed by atoms with E-state index in [2.05, 4.69) is 4.90 Å². The van der Waals surface area contributed by atoms with Crippen molar-refractivity contribution >= 4 is 16.5 Å². The maximum atomic E-state index is 13.5. The SMILES string of the molecule is NCCc1cc(F)cc(N2CCS(=O)CC2)c1. The highest BCUT2D eigenvalue weighted by Crippen LogP contribution is 2.20. The number of benzene rings is 1. The summed E-state index contributed by atoms with van der Waals surface area (Å²) in [6, 6.07) is 5.04. The summed E-state index contributed by atoms with van der Waals surface area (Å²) in [5, 5.41) is 0. The topological polar surface area (TPSA) is 46.3 Å². The number of rotatable bonds is 3. The van der Waals surface area contributed by atoms with Gasteiger partial charge in [-0.2, -0.15) is 0 Å². The van der Waals surface area contributed by atoms with Crippen molar-refractivity contribution in [1.29, 1.82) is 0 Å². The van der Waals surface area contributed by atoms with Gasteiger partial charge in [-0.05, 0) is 36.7 Å². The zero-order chi connectivity index (χ0) is 12.3. The van der Waals surface area contributed by atoms with Crippen molar-refractivity contribution in [2.75, 3.05) is 36.0 Å². The van der Waals surface area contributed by atoms with Gasteiger partial charge in [0.05, 0.1) is 0 Å². The summed E-state index contributed by atoms with van der Waals surface area (Å²) >= 11 is 0. The van der Waals surface area contributed by atoms with Crippen molar-refractivity contribution in [2.45, 2.75) is 6.42 Å². The van der Waals surface area contributed by atoms with Gasteiger partial charge in [-0.15, -0.1) is 0 Å². The third kappa shape index (κ3) is 3.26. The highest BCUT2D eigenvalue weighted by atomic mass is 32.2. The molecule has 0 aromatic heterocycles. The average molecular weight is 256 g/mol. The van der Waals surface area contributed by atoms with Gasteiger partial charge < -0.3 is 10.6 Å². The predicted molar refractivity (Wildman–Crippen MR) is 69.2 cm³/mol. The third-order valence-corrected chi connectivity index (χ3v) is 4.19. The minimum absolute atomic E-state index is 0.224. The van der Waals surface area contributed by atoms with Crippen LogP contribution >= 0.6 is 0 Å². The van der Waals surface area contributed by atoms with Gasteiger partial charge in [0.25, 0.3) is 0 Å². The minimum Gasteiger partial charge on any atom is -0.370 e. The fourth-order valence-electron chi connectivity index (χ4n) is 2.02. The van der Waals surface area contributed by atoms with E-state index in [0.29, 0.717) is 24.5 Å². The molecule has 5 heteroatoms. The number of hydrogen-bond acceptors (Lipinski definition) is 3. The normalized spacial score (nSPS) is 17.4. The van der Waals surface area contributed by atoms with Crippen molar-refractivity contribution in [2.24, 2.45) is 5.73 Å². The molecule has 3 nitrogen and oxygen atoms in total. The Morgan fingerprint density at radius 1 is 1.29 bits per heavy atom. The Balaban J connectivity index is 2.16. The van der Waals surface area contributed by atoms with Crippen LogP contribution in [0.3, 0.4) is 0 Å². The van der Waals surface area contributed by atoms with E-state index in [1.54, 1.807) is 0 Å². The smallest absolute Gasteiger partial charge is 0.125 e. The second kappa shape index (κ2) is 5.60. The Kier molecular flexibility index (Phi) is 4.12. The van der Waals surface area contributed by atoms with Crippen LogP contribution in [0.5, 0.6) is 0 Å². The van der Waals surface area contributed by atoms with E-state index in [0.717, 1.165) is 24.3 Å². The van der Waals surface area contributed by atoms with Crippen molar-refractivity contribution in [3.8, 4) is 0 Å². The lowest BCUT2D eigenvalue weighted by Crippen LogP contribution is -2.37. The molecule has 2 rings (SSSR count). The summed E-state index contributed by atoms with van der Waals surface area (Å²) in [5.74, 6) is 1.11. The van der Waals surface area contributed by atoms with E-state index in [4.69, 9.17) is 5.73 Å². The quantitative estimate of drug-likeness (QED) is 0.874. The standard InChI is InChI=1S/C12H17FN2OS/c13-11-7-10(1-2-14)8-12(9-11)15-3-5-17(16)6-4-15/h7-9H,1-6,14H2. The molecule has 1 aliphatic heterocycles. The Morgan fingerprint density at radius 2 is 2.00 bits per heavy atom. The molecule has 0 spiro atoms. The van der Waals surface area contributed by atoms with E-state index in [-0.39, 0.29) is 5.82 Å². The molecule has 0 bridgehead atoms. The van der Waals surface area contributed by atoms with Crippen LogP contribution in [-0.4, -0.2) is 35.3 Å². The van der Waals surface area contributed by atoms with Crippen LogP contribution < -0.4 is 10.6 Å². The predicted octanol–water partition coefficient (Wildman–Crippen LogP) is 0.896. The van der Waals surface area contributed by atoms with Crippen LogP contribution in [0.15, 0.2) is 18.2 Å². The van der Waals surface area contributed by atoms with Crippen molar-refractivity contribution < 1.29 is 8.60 Å². The molecule has 1 aromatic carbocycles. The van der Waals surface area contributed by atoms with Gasteiger partial charge in [0.15, 0.2) is 0 Å². The molecule has 17 heavy (non-hydrogen) atoms. The summed E-state index contributed by atoms with van der Waals surface area (Å²) in [6.45, 7) is 1.99. The lowest BCUT2D eigenvalue weighted by atomic mass is 10.1. The molecule has 1 saturated heterocycles. The monoisotopic (exact) mass is 256 g/mol. The molecule has 1 aromatic rings. The first-order valence-electron chi connectivity index (χ1n) is 5.78. The van der Waals surface area contributed by atoms with Crippen LogP contribution in [0, 0.1) is 5.82 Å². The highest BCUT2D eigenvalue weighted by Gasteiger charge is 2.16. The molecular formula is C12H17FN2OS. The zero-order valence-electron chi connectivity index (χ0n) is 9.69. The fraction of sp³-hybridized carbons (Fsp3) is 0.500.